The quantitative estimate of drug-likeness (QED) is 0.0799. The van der Waals surface area contributed by atoms with Gasteiger partial charge in [0.25, 0.3) is 0 Å². The number of benzene rings is 4. The molecule has 2 aliphatic rings. The number of hydrogen-bond acceptors (Lipinski definition) is 7. The van der Waals surface area contributed by atoms with E-state index in [1.165, 1.54) is 0 Å². The largest absolute Gasteiger partial charge is 0.454 e. The third-order valence-electron chi connectivity index (χ3n) is 10.6. The number of nitrogens with zero attached hydrogens (tertiary/aromatic N) is 1. The summed E-state index contributed by atoms with van der Waals surface area (Å²) < 4.78 is 11.7. The maximum atomic E-state index is 13.8. The fourth-order valence-corrected chi connectivity index (χ4v) is 7.63. The SMILES string of the molecule is C=CCC[C@H](NC(=O)OCC1c2ccccc2-c2ccccc21)C(=O)O[C@H](CNC(=O)[C@@H](CC=C)CC(=O)N1Cc2ccccc2C[C@H]1CO)c1ccccc1. The number of fused-ring (bicyclic) bond motifs is 4. The van der Waals surface area contributed by atoms with Gasteiger partial charge < -0.3 is 30.1 Å². The van der Waals surface area contributed by atoms with Gasteiger partial charge in [0.2, 0.25) is 11.8 Å². The van der Waals surface area contributed by atoms with E-state index in [2.05, 4.69) is 35.9 Å². The number of allylic oxidation sites excluding steroid dienone is 2. The van der Waals surface area contributed by atoms with E-state index in [0.717, 1.165) is 33.4 Å². The van der Waals surface area contributed by atoms with Crippen LogP contribution in [0.25, 0.3) is 11.1 Å². The zero-order chi connectivity index (χ0) is 39.4. The van der Waals surface area contributed by atoms with E-state index in [9.17, 15) is 24.3 Å². The molecule has 4 aromatic rings. The second-order valence-corrected chi connectivity index (χ2v) is 14.2. The molecule has 290 valence electrons. The van der Waals surface area contributed by atoms with Crippen LogP contribution < -0.4 is 10.6 Å². The summed E-state index contributed by atoms with van der Waals surface area (Å²) in [7, 11) is 0. The number of carbonyl (C=O) groups excluding carboxylic acids is 4. The molecule has 6 rings (SSSR count). The van der Waals surface area contributed by atoms with E-state index in [1.807, 2.05) is 66.7 Å². The molecule has 1 aliphatic heterocycles. The van der Waals surface area contributed by atoms with Gasteiger partial charge in [-0.1, -0.05) is 115 Å². The summed E-state index contributed by atoms with van der Waals surface area (Å²) in [5, 5.41) is 15.7. The smallest absolute Gasteiger partial charge is 0.407 e. The molecule has 3 amide bonds. The lowest BCUT2D eigenvalue weighted by molar-refractivity contribution is -0.152. The number of nitrogens with one attached hydrogen (secondary N) is 2. The summed E-state index contributed by atoms with van der Waals surface area (Å²) in [6.07, 6.45) is 2.94. The van der Waals surface area contributed by atoms with Crippen molar-refractivity contribution in [3.05, 3.63) is 156 Å². The summed E-state index contributed by atoms with van der Waals surface area (Å²) in [5.74, 6) is -2.21. The van der Waals surface area contributed by atoms with Gasteiger partial charge in [-0.25, -0.2) is 9.59 Å². The minimum Gasteiger partial charge on any atom is -0.454 e. The maximum absolute atomic E-state index is 13.8. The minimum absolute atomic E-state index is 0.0775. The number of aliphatic hydroxyl groups excluding tert-OH is 1. The highest BCUT2D eigenvalue weighted by Gasteiger charge is 2.34. The fourth-order valence-electron chi connectivity index (χ4n) is 7.63. The average Bonchev–Trinajstić information content (AvgIpc) is 3.55. The van der Waals surface area contributed by atoms with Crippen molar-refractivity contribution in [3.8, 4) is 11.1 Å². The highest BCUT2D eigenvalue weighted by atomic mass is 16.6. The second kappa shape index (κ2) is 19.0. The molecule has 3 N–H and O–H groups in total. The first-order valence-electron chi connectivity index (χ1n) is 19.1. The third-order valence-corrected chi connectivity index (χ3v) is 10.6. The van der Waals surface area contributed by atoms with Crippen molar-refractivity contribution in [1.82, 2.24) is 15.5 Å². The Bertz CT molecular complexity index is 1990. The van der Waals surface area contributed by atoms with Crippen LogP contribution in [0.4, 0.5) is 4.79 Å². The van der Waals surface area contributed by atoms with Gasteiger partial charge in [-0.2, -0.15) is 0 Å². The Morgan fingerprint density at radius 2 is 1.48 bits per heavy atom. The van der Waals surface area contributed by atoms with E-state index in [-0.39, 0.29) is 56.9 Å². The number of esters is 1. The van der Waals surface area contributed by atoms with Gasteiger partial charge in [0, 0.05) is 18.9 Å². The minimum atomic E-state index is -1.05. The molecular formula is C46H49N3O7. The van der Waals surface area contributed by atoms with Crippen LogP contribution >= 0.6 is 0 Å². The maximum Gasteiger partial charge on any atom is 0.407 e. The molecule has 0 saturated carbocycles. The van der Waals surface area contributed by atoms with Crippen molar-refractivity contribution in [2.24, 2.45) is 5.92 Å². The number of carbonyl (C=O) groups is 4. The molecule has 0 spiro atoms. The van der Waals surface area contributed by atoms with Crippen LogP contribution in [0.1, 0.15) is 65.5 Å². The van der Waals surface area contributed by atoms with Crippen LogP contribution in [0.3, 0.4) is 0 Å². The number of amides is 3. The van der Waals surface area contributed by atoms with Crippen LogP contribution in [-0.4, -0.2) is 65.7 Å². The lowest BCUT2D eigenvalue weighted by Gasteiger charge is -2.36. The second-order valence-electron chi connectivity index (χ2n) is 14.2. The predicted molar refractivity (Wildman–Crippen MR) is 214 cm³/mol. The standard InChI is InChI=1S/C46H49N3O7/c1-3-5-24-41(48-46(54)55-30-40-38-22-13-11-20-36(38)37-21-12-14-23-39(37)40)45(53)56-42(31-16-7-6-8-17-31)27-47-44(52)33(15-4-2)26-43(51)49-28-34-19-10-9-18-32(34)25-35(49)29-50/h3-4,6-14,16-23,33,35,40-42,50H,1-2,5,15,24-30H2,(H,47,52)(H,48,54)/t33-,35-,41-,42+/m0/s1. The van der Waals surface area contributed by atoms with Crippen LogP contribution in [-0.2, 0) is 36.8 Å². The molecule has 0 aromatic heterocycles. The van der Waals surface area contributed by atoms with Crippen molar-refractivity contribution in [3.63, 3.8) is 0 Å². The molecule has 0 fully saturated rings. The first-order valence-corrected chi connectivity index (χ1v) is 19.1. The summed E-state index contributed by atoms with van der Waals surface area (Å²) in [6, 6.07) is 31.5. The van der Waals surface area contributed by atoms with Crippen molar-refractivity contribution < 1.29 is 33.8 Å². The van der Waals surface area contributed by atoms with Gasteiger partial charge in [-0.3, -0.25) is 9.59 Å². The van der Waals surface area contributed by atoms with Crippen LogP contribution in [0.2, 0.25) is 0 Å². The Morgan fingerprint density at radius 1 is 0.839 bits per heavy atom. The van der Waals surface area contributed by atoms with Crippen LogP contribution in [0, 0.1) is 5.92 Å². The average molecular weight is 756 g/mol. The van der Waals surface area contributed by atoms with Crippen LogP contribution in [0.15, 0.2) is 128 Å². The molecule has 10 nitrogen and oxygen atoms in total. The number of rotatable bonds is 17. The van der Waals surface area contributed by atoms with E-state index in [4.69, 9.17) is 9.47 Å². The van der Waals surface area contributed by atoms with E-state index in [0.29, 0.717) is 24.9 Å². The Kier molecular flexibility index (Phi) is 13.5. The summed E-state index contributed by atoms with van der Waals surface area (Å²) >= 11 is 0. The lowest BCUT2D eigenvalue weighted by atomic mass is 9.92. The molecule has 0 bridgehead atoms. The van der Waals surface area contributed by atoms with Gasteiger partial charge in [0.1, 0.15) is 18.8 Å². The summed E-state index contributed by atoms with van der Waals surface area (Å²) in [5.41, 5.74) is 7.11. The molecule has 0 unspecified atom stereocenters. The number of alkyl carbamates (subject to hydrolysis) is 1. The highest BCUT2D eigenvalue weighted by molar-refractivity contribution is 5.86. The molecule has 0 saturated heterocycles. The molecule has 56 heavy (non-hydrogen) atoms. The van der Waals surface area contributed by atoms with Crippen molar-refractivity contribution in [2.45, 2.75) is 62.8 Å². The van der Waals surface area contributed by atoms with Crippen molar-refractivity contribution in [1.29, 1.82) is 0 Å². The molecule has 1 heterocycles. The number of aliphatic hydroxyl groups is 1. The van der Waals surface area contributed by atoms with Gasteiger partial charge in [-0.15, -0.1) is 13.2 Å². The Labute approximate surface area is 328 Å². The monoisotopic (exact) mass is 755 g/mol. The van der Waals surface area contributed by atoms with Crippen molar-refractivity contribution in [2.75, 3.05) is 19.8 Å². The Balaban J connectivity index is 1.09. The fraction of sp³-hybridized carbons (Fsp3) is 0.304. The summed E-state index contributed by atoms with van der Waals surface area (Å²) in [6.45, 7) is 7.75. The predicted octanol–water partition coefficient (Wildman–Crippen LogP) is 6.79. The molecule has 1 aliphatic carbocycles. The van der Waals surface area contributed by atoms with E-state index < -0.39 is 36.0 Å². The Morgan fingerprint density at radius 3 is 2.14 bits per heavy atom. The highest BCUT2D eigenvalue weighted by Crippen LogP contribution is 2.44. The van der Waals surface area contributed by atoms with Crippen molar-refractivity contribution >= 4 is 23.9 Å². The molecule has 4 aromatic carbocycles. The first-order chi connectivity index (χ1) is 27.3. The zero-order valence-electron chi connectivity index (χ0n) is 31.5. The molecule has 0 radical (unpaired) electrons. The molecule has 10 heteroatoms. The Hall–Kier alpha value is -6.00. The summed E-state index contributed by atoms with van der Waals surface area (Å²) in [4.78, 5) is 56.0. The number of ether oxygens (including phenoxy) is 2. The normalized spacial score (nSPS) is 15.9. The lowest BCUT2D eigenvalue weighted by Crippen LogP contribution is -2.47. The molecule has 4 atom stereocenters. The van der Waals surface area contributed by atoms with Gasteiger partial charge in [0.15, 0.2) is 0 Å². The van der Waals surface area contributed by atoms with Gasteiger partial charge >= 0.3 is 12.1 Å². The van der Waals surface area contributed by atoms with E-state index in [1.54, 1.807) is 41.3 Å². The van der Waals surface area contributed by atoms with Gasteiger partial charge in [-0.05, 0) is 64.6 Å². The van der Waals surface area contributed by atoms with Crippen LogP contribution in [0.5, 0.6) is 0 Å². The first kappa shape index (κ1) is 39.7. The molecular weight excluding hydrogens is 707 g/mol. The topological polar surface area (TPSA) is 134 Å². The third kappa shape index (κ3) is 9.44. The van der Waals surface area contributed by atoms with Gasteiger partial charge in [0.05, 0.1) is 25.1 Å². The van der Waals surface area contributed by atoms with E-state index >= 15 is 0 Å². The number of hydrogen-bond donors (Lipinski definition) is 3. The zero-order valence-corrected chi connectivity index (χ0v) is 31.5.